The van der Waals surface area contributed by atoms with Gasteiger partial charge in [-0.2, -0.15) is 0 Å². The third-order valence-corrected chi connectivity index (χ3v) is 3.46. The van der Waals surface area contributed by atoms with E-state index in [0.29, 0.717) is 0 Å². The Hall–Kier alpha value is -0.830. The van der Waals surface area contributed by atoms with Crippen molar-refractivity contribution in [3.8, 4) is 5.75 Å². The number of Topliss-reactive ketones (excluding diaryl/α,β-unsaturated/α-hetero) is 1. The first-order valence-electron chi connectivity index (χ1n) is 5.08. The molecule has 3 heteroatoms. The molecule has 0 spiro atoms. The zero-order valence-electron chi connectivity index (χ0n) is 8.63. The van der Waals surface area contributed by atoms with E-state index in [-0.39, 0.29) is 5.78 Å². The zero-order valence-corrected chi connectivity index (χ0v) is 10.2. The largest absolute Gasteiger partial charge is 0.480 e. The molecule has 0 N–H and O–H groups in total. The minimum atomic E-state index is -0.534. The lowest BCUT2D eigenvalue weighted by Gasteiger charge is -2.39. The second kappa shape index (κ2) is 3.97. The Morgan fingerprint density at radius 3 is 2.33 bits per heavy atom. The molecule has 0 amide bonds. The maximum absolute atomic E-state index is 11.5. The molecule has 0 radical (unpaired) electrons. The topological polar surface area (TPSA) is 26.3 Å². The third-order valence-electron chi connectivity index (χ3n) is 2.93. The van der Waals surface area contributed by atoms with Gasteiger partial charge in [0.2, 0.25) is 0 Å². The van der Waals surface area contributed by atoms with E-state index in [2.05, 4.69) is 15.9 Å². The quantitative estimate of drug-likeness (QED) is 0.841. The second-order valence-corrected chi connectivity index (χ2v) is 4.88. The first-order chi connectivity index (χ1) is 7.12. The van der Waals surface area contributed by atoms with Crippen LogP contribution in [0.1, 0.15) is 26.2 Å². The SMILES string of the molecule is CC(=O)C1(Oc2ccc(Br)cc2)CCC1. The van der Waals surface area contributed by atoms with Crippen molar-refractivity contribution >= 4 is 21.7 Å². The highest BCUT2D eigenvalue weighted by atomic mass is 79.9. The van der Waals surface area contributed by atoms with Gasteiger partial charge in [0.05, 0.1) is 0 Å². The van der Waals surface area contributed by atoms with Gasteiger partial charge in [-0.1, -0.05) is 15.9 Å². The average molecular weight is 269 g/mol. The Balaban J connectivity index is 2.13. The molecule has 1 aromatic carbocycles. The Labute approximate surface area is 97.8 Å². The summed E-state index contributed by atoms with van der Waals surface area (Å²) in [6.45, 7) is 1.61. The Kier molecular flexibility index (Phi) is 2.83. The Morgan fingerprint density at radius 1 is 1.33 bits per heavy atom. The van der Waals surface area contributed by atoms with Crippen molar-refractivity contribution in [2.45, 2.75) is 31.8 Å². The molecule has 1 saturated carbocycles. The molecular weight excluding hydrogens is 256 g/mol. The van der Waals surface area contributed by atoms with Crippen molar-refractivity contribution in [1.82, 2.24) is 0 Å². The van der Waals surface area contributed by atoms with Gasteiger partial charge in [-0.3, -0.25) is 4.79 Å². The fourth-order valence-corrected chi connectivity index (χ4v) is 2.02. The number of carbonyl (C=O) groups is 1. The van der Waals surface area contributed by atoms with E-state index >= 15 is 0 Å². The standard InChI is InChI=1S/C12H13BrO2/c1-9(14)12(7-2-8-12)15-11-5-3-10(13)4-6-11/h3-6H,2,7-8H2,1H3. The predicted molar refractivity (Wildman–Crippen MR) is 62.0 cm³/mol. The summed E-state index contributed by atoms with van der Waals surface area (Å²) in [7, 11) is 0. The molecule has 1 aliphatic carbocycles. The van der Waals surface area contributed by atoms with Crippen LogP contribution in [0.15, 0.2) is 28.7 Å². The third kappa shape index (κ3) is 2.07. The van der Waals surface area contributed by atoms with Gasteiger partial charge in [-0.25, -0.2) is 0 Å². The minimum absolute atomic E-state index is 0.136. The van der Waals surface area contributed by atoms with Gasteiger partial charge in [-0.05, 0) is 50.5 Å². The fraction of sp³-hybridized carbons (Fsp3) is 0.417. The van der Waals surface area contributed by atoms with Crippen molar-refractivity contribution < 1.29 is 9.53 Å². The lowest BCUT2D eigenvalue weighted by atomic mass is 9.77. The van der Waals surface area contributed by atoms with Crippen LogP contribution in [0, 0.1) is 0 Å². The minimum Gasteiger partial charge on any atom is -0.480 e. The molecule has 80 valence electrons. The van der Waals surface area contributed by atoms with E-state index < -0.39 is 5.60 Å². The summed E-state index contributed by atoms with van der Waals surface area (Å²) in [6.07, 6.45) is 2.77. The molecule has 0 unspecified atom stereocenters. The highest BCUT2D eigenvalue weighted by Crippen LogP contribution is 2.37. The van der Waals surface area contributed by atoms with Crippen LogP contribution in [0.3, 0.4) is 0 Å². The molecule has 2 rings (SSSR count). The van der Waals surface area contributed by atoms with E-state index in [1.165, 1.54) is 0 Å². The van der Waals surface area contributed by atoms with Crippen molar-refractivity contribution in [2.75, 3.05) is 0 Å². The van der Waals surface area contributed by atoms with Gasteiger partial charge in [0, 0.05) is 4.47 Å². The van der Waals surface area contributed by atoms with Crippen LogP contribution in [0.2, 0.25) is 0 Å². The van der Waals surface area contributed by atoms with Gasteiger partial charge < -0.3 is 4.74 Å². The summed E-state index contributed by atoms with van der Waals surface area (Å²) in [5.41, 5.74) is -0.534. The first kappa shape index (κ1) is 10.7. The normalized spacial score (nSPS) is 18.0. The Bertz CT molecular complexity index is 366. The van der Waals surface area contributed by atoms with Crippen LogP contribution in [0.4, 0.5) is 0 Å². The lowest BCUT2D eigenvalue weighted by molar-refractivity contribution is -0.139. The maximum Gasteiger partial charge on any atom is 0.173 e. The van der Waals surface area contributed by atoms with E-state index in [1.54, 1.807) is 6.92 Å². The van der Waals surface area contributed by atoms with Gasteiger partial charge >= 0.3 is 0 Å². The summed E-state index contributed by atoms with van der Waals surface area (Å²) in [6, 6.07) is 7.60. The number of hydrogen-bond donors (Lipinski definition) is 0. The molecule has 0 bridgehead atoms. The molecule has 1 aromatic rings. The van der Waals surface area contributed by atoms with E-state index in [0.717, 1.165) is 29.5 Å². The van der Waals surface area contributed by atoms with Crippen LogP contribution in [-0.4, -0.2) is 11.4 Å². The molecular formula is C12H13BrO2. The van der Waals surface area contributed by atoms with E-state index in [1.807, 2.05) is 24.3 Å². The molecule has 0 atom stereocenters. The maximum atomic E-state index is 11.5. The molecule has 0 heterocycles. The van der Waals surface area contributed by atoms with Crippen LogP contribution < -0.4 is 4.74 Å². The van der Waals surface area contributed by atoms with Gasteiger partial charge in [0.25, 0.3) is 0 Å². The number of benzene rings is 1. The monoisotopic (exact) mass is 268 g/mol. The van der Waals surface area contributed by atoms with Crippen LogP contribution >= 0.6 is 15.9 Å². The number of halogens is 1. The average Bonchev–Trinajstić information content (AvgIpc) is 2.13. The van der Waals surface area contributed by atoms with Crippen LogP contribution in [-0.2, 0) is 4.79 Å². The number of rotatable bonds is 3. The molecule has 1 aliphatic rings. The molecule has 0 aromatic heterocycles. The predicted octanol–water partition coefficient (Wildman–Crippen LogP) is 3.34. The highest BCUT2D eigenvalue weighted by molar-refractivity contribution is 9.10. The molecule has 0 aliphatic heterocycles. The Morgan fingerprint density at radius 2 is 1.93 bits per heavy atom. The van der Waals surface area contributed by atoms with Gasteiger partial charge in [0.15, 0.2) is 11.4 Å². The second-order valence-electron chi connectivity index (χ2n) is 3.96. The summed E-state index contributed by atoms with van der Waals surface area (Å²) >= 11 is 3.36. The van der Waals surface area contributed by atoms with Crippen molar-refractivity contribution in [1.29, 1.82) is 0 Å². The van der Waals surface area contributed by atoms with Crippen molar-refractivity contribution in [3.05, 3.63) is 28.7 Å². The van der Waals surface area contributed by atoms with Gasteiger partial charge in [-0.15, -0.1) is 0 Å². The first-order valence-corrected chi connectivity index (χ1v) is 5.87. The van der Waals surface area contributed by atoms with E-state index in [4.69, 9.17) is 4.74 Å². The van der Waals surface area contributed by atoms with Crippen molar-refractivity contribution in [2.24, 2.45) is 0 Å². The van der Waals surface area contributed by atoms with Crippen LogP contribution in [0.5, 0.6) is 5.75 Å². The fourth-order valence-electron chi connectivity index (χ4n) is 1.75. The molecule has 15 heavy (non-hydrogen) atoms. The lowest BCUT2D eigenvalue weighted by Crippen LogP contribution is -2.49. The van der Waals surface area contributed by atoms with Crippen molar-refractivity contribution in [3.63, 3.8) is 0 Å². The molecule has 0 saturated heterocycles. The summed E-state index contributed by atoms with van der Waals surface area (Å²) < 4.78 is 6.80. The summed E-state index contributed by atoms with van der Waals surface area (Å²) in [5, 5.41) is 0. The smallest absolute Gasteiger partial charge is 0.173 e. The number of ketones is 1. The molecule has 2 nitrogen and oxygen atoms in total. The summed E-state index contributed by atoms with van der Waals surface area (Å²) in [5.74, 6) is 0.907. The zero-order chi connectivity index (χ0) is 10.9. The number of ether oxygens (including phenoxy) is 1. The van der Waals surface area contributed by atoms with E-state index in [9.17, 15) is 4.79 Å². The highest BCUT2D eigenvalue weighted by Gasteiger charge is 2.43. The van der Waals surface area contributed by atoms with Crippen LogP contribution in [0.25, 0.3) is 0 Å². The summed E-state index contributed by atoms with van der Waals surface area (Å²) in [4.78, 5) is 11.5. The molecule has 1 fully saturated rings. The van der Waals surface area contributed by atoms with Gasteiger partial charge in [0.1, 0.15) is 5.75 Å². The number of hydrogen-bond acceptors (Lipinski definition) is 2. The number of carbonyl (C=O) groups excluding carboxylic acids is 1.